The first-order valence-corrected chi connectivity index (χ1v) is 13.8. The maximum Gasteiger partial charge on any atom is 0.227 e. The Morgan fingerprint density at radius 1 is 1.19 bits per heavy atom. The van der Waals surface area contributed by atoms with Gasteiger partial charge in [0, 0.05) is 34.0 Å². The highest BCUT2D eigenvalue weighted by Gasteiger charge is 2.42. The summed E-state index contributed by atoms with van der Waals surface area (Å²) < 4.78 is 13.6. The van der Waals surface area contributed by atoms with Gasteiger partial charge < -0.3 is 14.8 Å². The molecule has 0 saturated heterocycles. The van der Waals surface area contributed by atoms with Crippen molar-refractivity contribution in [3.8, 4) is 11.5 Å². The lowest BCUT2D eigenvalue weighted by Crippen LogP contribution is -2.36. The van der Waals surface area contributed by atoms with Gasteiger partial charge in [0.25, 0.3) is 0 Å². The summed E-state index contributed by atoms with van der Waals surface area (Å²) in [4.78, 5) is 18.2. The van der Waals surface area contributed by atoms with Crippen molar-refractivity contribution < 1.29 is 14.3 Å². The summed E-state index contributed by atoms with van der Waals surface area (Å²) in [7, 11) is 1.61. The molecule has 0 spiro atoms. The van der Waals surface area contributed by atoms with E-state index in [1.807, 2.05) is 47.1 Å². The van der Waals surface area contributed by atoms with E-state index in [0.717, 1.165) is 41.0 Å². The van der Waals surface area contributed by atoms with Crippen LogP contribution in [0.5, 0.6) is 11.5 Å². The van der Waals surface area contributed by atoms with Crippen LogP contribution in [0, 0.1) is 5.41 Å². The number of hydrogen-bond donors (Lipinski definition) is 1. The number of benzene rings is 2. The molecular formula is C28H31ClN4O3S. The number of carbonyl (C=O) groups is 1. The number of hydrogen-bond acceptors (Lipinski definition) is 7. The maximum absolute atomic E-state index is 13.5. The van der Waals surface area contributed by atoms with E-state index >= 15 is 0 Å². The Morgan fingerprint density at radius 3 is 2.76 bits per heavy atom. The third kappa shape index (κ3) is 5.22. The van der Waals surface area contributed by atoms with Crippen molar-refractivity contribution in [2.75, 3.05) is 18.2 Å². The number of methoxy groups -OCH3 is 1. The van der Waals surface area contributed by atoms with Gasteiger partial charge in [-0.25, -0.2) is 4.68 Å². The number of aromatic nitrogens is 3. The van der Waals surface area contributed by atoms with Gasteiger partial charge in [-0.15, -0.1) is 5.10 Å². The molecule has 37 heavy (non-hydrogen) atoms. The fourth-order valence-electron chi connectivity index (χ4n) is 4.90. The van der Waals surface area contributed by atoms with Gasteiger partial charge >= 0.3 is 0 Å². The van der Waals surface area contributed by atoms with Gasteiger partial charge in [0.2, 0.25) is 11.1 Å². The number of Topliss-reactive ketones (excluding diaryl/α,β-unsaturated/α-hetero) is 1. The molecule has 3 aromatic rings. The predicted octanol–water partition coefficient (Wildman–Crippen LogP) is 6.68. The standard InChI is InChI=1S/C28H31ClN4O3S/c1-5-12-37-27-31-26-30-20-14-28(2,3)15-21(34)24(20)25(33(26)32-27)17-10-11-22(23(13-17)35-4)36-16-18-8-6-7-9-19(18)29/h6-11,13,25H,5,12,14-16H2,1-4H3,(H,30,31,32). The van der Waals surface area contributed by atoms with Crippen molar-refractivity contribution in [2.45, 2.75) is 57.8 Å². The Hall–Kier alpha value is -2.97. The minimum Gasteiger partial charge on any atom is -0.493 e. The van der Waals surface area contributed by atoms with Crippen LogP contribution < -0.4 is 14.8 Å². The molecule has 2 aliphatic rings. The molecule has 1 aliphatic heterocycles. The molecule has 9 heteroatoms. The molecule has 2 heterocycles. The average molecular weight is 539 g/mol. The van der Waals surface area contributed by atoms with E-state index in [2.05, 4.69) is 26.1 Å². The minimum atomic E-state index is -0.398. The maximum atomic E-state index is 13.5. The van der Waals surface area contributed by atoms with Gasteiger partial charge in [0.05, 0.1) is 7.11 Å². The monoisotopic (exact) mass is 538 g/mol. The number of thioether (sulfide) groups is 1. The zero-order valence-corrected chi connectivity index (χ0v) is 23.1. The molecule has 2 aromatic carbocycles. The molecule has 0 bridgehead atoms. The molecule has 0 saturated carbocycles. The van der Waals surface area contributed by atoms with Gasteiger partial charge in [-0.3, -0.25) is 4.79 Å². The van der Waals surface area contributed by atoms with Gasteiger partial charge in [0.1, 0.15) is 12.6 Å². The summed E-state index contributed by atoms with van der Waals surface area (Å²) in [5.41, 5.74) is 3.33. The number of carbonyl (C=O) groups excluding carboxylic acids is 1. The van der Waals surface area contributed by atoms with E-state index in [9.17, 15) is 4.79 Å². The second-order valence-corrected chi connectivity index (χ2v) is 11.6. The summed E-state index contributed by atoms with van der Waals surface area (Å²) in [6, 6.07) is 13.0. The molecule has 194 valence electrons. The highest BCUT2D eigenvalue weighted by molar-refractivity contribution is 7.99. The van der Waals surface area contributed by atoms with Crippen LogP contribution in [-0.4, -0.2) is 33.4 Å². The fourth-order valence-corrected chi connectivity index (χ4v) is 5.77. The summed E-state index contributed by atoms with van der Waals surface area (Å²) in [5, 5.41) is 9.59. The molecule has 0 fully saturated rings. The van der Waals surface area contributed by atoms with Crippen LogP contribution in [-0.2, 0) is 11.4 Å². The molecule has 0 radical (unpaired) electrons. The Morgan fingerprint density at radius 2 is 2.00 bits per heavy atom. The van der Waals surface area contributed by atoms with Crippen molar-refractivity contribution in [1.29, 1.82) is 0 Å². The van der Waals surface area contributed by atoms with E-state index in [1.165, 1.54) is 0 Å². The summed E-state index contributed by atoms with van der Waals surface area (Å²) in [6.07, 6.45) is 2.28. The summed E-state index contributed by atoms with van der Waals surface area (Å²) in [5.74, 6) is 2.90. The minimum absolute atomic E-state index is 0.121. The van der Waals surface area contributed by atoms with E-state index in [-0.39, 0.29) is 11.2 Å². The highest BCUT2D eigenvalue weighted by atomic mass is 35.5. The Kier molecular flexibility index (Phi) is 7.23. The second-order valence-electron chi connectivity index (χ2n) is 10.2. The summed E-state index contributed by atoms with van der Waals surface area (Å²) >= 11 is 7.92. The Labute approximate surface area is 226 Å². The number of halogens is 1. The molecule has 1 atom stereocenters. The van der Waals surface area contributed by atoms with Crippen molar-refractivity contribution in [3.63, 3.8) is 0 Å². The van der Waals surface area contributed by atoms with Crippen LogP contribution in [0.4, 0.5) is 5.95 Å². The van der Waals surface area contributed by atoms with Crippen LogP contribution in [0.1, 0.15) is 57.2 Å². The molecule has 1 N–H and O–H groups in total. The van der Waals surface area contributed by atoms with E-state index in [4.69, 9.17) is 31.2 Å². The first kappa shape index (κ1) is 25.7. The molecule has 0 amide bonds. The van der Waals surface area contributed by atoms with Crippen LogP contribution in [0.25, 0.3) is 0 Å². The van der Waals surface area contributed by atoms with Gasteiger partial charge in [-0.05, 0) is 42.0 Å². The first-order chi connectivity index (χ1) is 17.8. The first-order valence-electron chi connectivity index (χ1n) is 12.5. The predicted molar refractivity (Wildman–Crippen MR) is 147 cm³/mol. The third-order valence-corrected chi connectivity index (χ3v) is 8.00. The van der Waals surface area contributed by atoms with Crippen LogP contribution in [0.2, 0.25) is 5.02 Å². The van der Waals surface area contributed by atoms with Crippen LogP contribution in [0.15, 0.2) is 58.9 Å². The van der Waals surface area contributed by atoms with Crippen molar-refractivity contribution >= 4 is 35.1 Å². The highest BCUT2D eigenvalue weighted by Crippen LogP contribution is 2.46. The van der Waals surface area contributed by atoms with Gasteiger partial charge in [0.15, 0.2) is 17.3 Å². The van der Waals surface area contributed by atoms with Gasteiger partial charge in [-0.2, -0.15) is 4.98 Å². The van der Waals surface area contributed by atoms with Crippen molar-refractivity contribution in [2.24, 2.45) is 5.41 Å². The fraction of sp³-hybridized carbons (Fsp3) is 0.393. The van der Waals surface area contributed by atoms with Crippen molar-refractivity contribution in [1.82, 2.24) is 14.8 Å². The van der Waals surface area contributed by atoms with E-state index in [0.29, 0.717) is 40.7 Å². The lowest BCUT2D eigenvalue weighted by atomic mass is 9.73. The number of nitrogens with one attached hydrogen (secondary N) is 1. The number of fused-ring (bicyclic) bond motifs is 1. The molecule has 1 aliphatic carbocycles. The Balaban J connectivity index is 1.53. The zero-order valence-electron chi connectivity index (χ0n) is 21.5. The number of nitrogens with zero attached hydrogens (tertiary/aromatic N) is 3. The molecule has 7 nitrogen and oxygen atoms in total. The summed E-state index contributed by atoms with van der Waals surface area (Å²) in [6.45, 7) is 6.70. The van der Waals surface area contributed by atoms with Crippen LogP contribution in [0.3, 0.4) is 0 Å². The lowest BCUT2D eigenvalue weighted by molar-refractivity contribution is -0.118. The molecular weight excluding hydrogens is 508 g/mol. The average Bonchev–Trinajstić information content (AvgIpc) is 3.27. The number of ether oxygens (including phenoxy) is 2. The van der Waals surface area contributed by atoms with E-state index < -0.39 is 6.04 Å². The number of ketones is 1. The number of rotatable bonds is 8. The Bertz CT molecular complexity index is 1370. The molecule has 1 unspecified atom stereocenters. The topological polar surface area (TPSA) is 78.3 Å². The van der Waals surface area contributed by atoms with Crippen molar-refractivity contribution in [3.05, 3.63) is 69.9 Å². The van der Waals surface area contributed by atoms with E-state index in [1.54, 1.807) is 18.9 Å². The quantitative estimate of drug-likeness (QED) is 0.320. The number of anilines is 1. The largest absolute Gasteiger partial charge is 0.493 e. The SMILES string of the molecule is CCCSc1nc2n(n1)C(c1ccc(OCc3ccccc3Cl)c(OC)c1)C1=C(CC(C)(C)CC1=O)N2. The third-order valence-electron chi connectivity index (χ3n) is 6.59. The zero-order chi connectivity index (χ0) is 26.2. The molecule has 5 rings (SSSR count). The lowest BCUT2D eigenvalue weighted by Gasteiger charge is -2.38. The smallest absolute Gasteiger partial charge is 0.227 e. The number of allylic oxidation sites excluding steroid dienone is 2. The molecule has 1 aromatic heterocycles. The normalized spacial score (nSPS) is 18.2. The van der Waals surface area contributed by atoms with Crippen LogP contribution >= 0.6 is 23.4 Å². The second kappa shape index (κ2) is 10.4. The van der Waals surface area contributed by atoms with Gasteiger partial charge in [-0.1, -0.05) is 68.4 Å².